The highest BCUT2D eigenvalue weighted by Gasteiger charge is 2.24. The molecule has 3 rings (SSSR count). The average molecular weight is 347 g/mol. The molecule has 2 aromatic carbocycles. The van der Waals surface area contributed by atoms with Crippen LogP contribution in [0.15, 0.2) is 48.5 Å². The van der Waals surface area contributed by atoms with E-state index in [-0.39, 0.29) is 0 Å². The quantitative estimate of drug-likeness (QED) is 0.814. The van der Waals surface area contributed by atoms with Crippen molar-refractivity contribution in [3.8, 4) is 5.75 Å². The molecule has 0 aromatic heterocycles. The van der Waals surface area contributed by atoms with Gasteiger partial charge in [0.2, 0.25) is 0 Å². The Morgan fingerprint density at radius 1 is 1.26 bits per heavy atom. The molecule has 0 amide bonds. The number of benzene rings is 2. The highest BCUT2D eigenvalue weighted by atomic mass is 35.5. The van der Waals surface area contributed by atoms with Gasteiger partial charge in [0.05, 0.1) is 4.99 Å². The Bertz CT molecular complexity index is 693. The van der Waals surface area contributed by atoms with E-state index in [0.717, 1.165) is 28.3 Å². The van der Waals surface area contributed by atoms with Gasteiger partial charge in [0.15, 0.2) is 0 Å². The fourth-order valence-corrected chi connectivity index (χ4v) is 3.17. The molecule has 0 bridgehead atoms. The van der Waals surface area contributed by atoms with Crippen molar-refractivity contribution in [2.24, 2.45) is 0 Å². The predicted molar refractivity (Wildman–Crippen MR) is 97.6 cm³/mol. The number of hydrogen-bond acceptors (Lipinski definition) is 3. The van der Waals surface area contributed by atoms with Crippen molar-refractivity contribution >= 4 is 28.8 Å². The van der Waals surface area contributed by atoms with Crippen LogP contribution in [0.3, 0.4) is 0 Å². The molecule has 120 valence electrons. The minimum atomic E-state index is 0.364. The molecular formula is C18H19ClN2OS. The first-order chi connectivity index (χ1) is 11.1. The zero-order valence-electron chi connectivity index (χ0n) is 13.0. The monoisotopic (exact) mass is 346 g/mol. The van der Waals surface area contributed by atoms with Gasteiger partial charge in [0.1, 0.15) is 12.4 Å². The van der Waals surface area contributed by atoms with Crippen LogP contribution < -0.4 is 10.2 Å². The fourth-order valence-electron chi connectivity index (χ4n) is 2.62. The van der Waals surface area contributed by atoms with E-state index in [1.807, 2.05) is 36.4 Å². The van der Waals surface area contributed by atoms with Crippen LogP contribution in [-0.4, -0.2) is 16.0 Å². The van der Waals surface area contributed by atoms with Gasteiger partial charge in [-0.25, -0.2) is 5.01 Å². The Morgan fingerprint density at radius 3 is 2.74 bits per heavy atom. The summed E-state index contributed by atoms with van der Waals surface area (Å²) in [5.41, 5.74) is 5.43. The lowest BCUT2D eigenvalue weighted by molar-refractivity contribution is 0.195. The van der Waals surface area contributed by atoms with E-state index in [2.05, 4.69) is 29.5 Å². The first kappa shape index (κ1) is 16.2. The summed E-state index contributed by atoms with van der Waals surface area (Å²) in [7, 11) is 0. The van der Waals surface area contributed by atoms with Gasteiger partial charge >= 0.3 is 0 Å². The molecule has 0 radical (unpaired) electrons. The van der Waals surface area contributed by atoms with Crippen LogP contribution in [0.4, 0.5) is 0 Å². The molecule has 0 spiro atoms. The van der Waals surface area contributed by atoms with Crippen LogP contribution in [0.2, 0.25) is 5.02 Å². The summed E-state index contributed by atoms with van der Waals surface area (Å²) in [4.78, 5) is 0.881. The Labute approximate surface area is 147 Å². The lowest BCUT2D eigenvalue weighted by Gasteiger charge is -2.22. The molecule has 1 saturated heterocycles. The van der Waals surface area contributed by atoms with E-state index in [0.29, 0.717) is 24.2 Å². The Balaban J connectivity index is 1.74. The van der Waals surface area contributed by atoms with E-state index in [4.69, 9.17) is 28.6 Å². The van der Waals surface area contributed by atoms with E-state index in [1.54, 1.807) is 0 Å². The standard InChI is InChI=1S/C18H19ClN2OS/c1-13-9-18(23)20-21(13)11-15-10-16(19)7-8-17(15)22-12-14-5-3-2-4-6-14/h2-8,10,13H,9,11-12H2,1H3,(H,20,23). The highest BCUT2D eigenvalue weighted by molar-refractivity contribution is 7.80. The Hall–Kier alpha value is -1.62. The second-order valence-corrected chi connectivity index (χ2v) is 6.67. The summed E-state index contributed by atoms with van der Waals surface area (Å²) in [5, 5.41) is 2.84. The first-order valence-electron chi connectivity index (χ1n) is 7.63. The number of halogens is 1. The van der Waals surface area contributed by atoms with Crippen molar-refractivity contribution in [2.75, 3.05) is 0 Å². The van der Waals surface area contributed by atoms with Gasteiger partial charge in [-0.1, -0.05) is 54.2 Å². The highest BCUT2D eigenvalue weighted by Crippen LogP contribution is 2.26. The van der Waals surface area contributed by atoms with Crippen molar-refractivity contribution in [1.82, 2.24) is 10.4 Å². The van der Waals surface area contributed by atoms with Crippen LogP contribution >= 0.6 is 23.8 Å². The Morgan fingerprint density at radius 2 is 2.04 bits per heavy atom. The van der Waals surface area contributed by atoms with E-state index in [9.17, 15) is 0 Å². The molecule has 1 N–H and O–H groups in total. The van der Waals surface area contributed by atoms with Gasteiger partial charge in [0.25, 0.3) is 0 Å². The smallest absolute Gasteiger partial charge is 0.124 e. The molecule has 0 saturated carbocycles. The zero-order valence-corrected chi connectivity index (χ0v) is 14.5. The van der Waals surface area contributed by atoms with Gasteiger partial charge < -0.3 is 10.2 Å². The topological polar surface area (TPSA) is 24.5 Å². The summed E-state index contributed by atoms with van der Waals surface area (Å²) in [5.74, 6) is 0.852. The lowest BCUT2D eigenvalue weighted by Crippen LogP contribution is -2.36. The maximum Gasteiger partial charge on any atom is 0.124 e. The maximum absolute atomic E-state index is 6.16. The zero-order chi connectivity index (χ0) is 16.2. The molecule has 1 aliphatic rings. The third-order valence-corrected chi connectivity index (χ3v) is 4.37. The number of nitrogens with one attached hydrogen (secondary N) is 1. The SMILES string of the molecule is CC1CC(=S)NN1Cc1cc(Cl)ccc1OCc1ccccc1. The first-order valence-corrected chi connectivity index (χ1v) is 8.42. The molecule has 1 heterocycles. The molecule has 0 aliphatic carbocycles. The van der Waals surface area contributed by atoms with Crippen molar-refractivity contribution in [3.05, 3.63) is 64.7 Å². The van der Waals surface area contributed by atoms with Gasteiger partial charge in [-0.3, -0.25) is 0 Å². The largest absolute Gasteiger partial charge is 0.489 e. The van der Waals surface area contributed by atoms with E-state index >= 15 is 0 Å². The molecule has 1 aliphatic heterocycles. The van der Waals surface area contributed by atoms with Crippen LogP contribution in [0.1, 0.15) is 24.5 Å². The third kappa shape index (κ3) is 4.22. The molecular weight excluding hydrogens is 328 g/mol. The number of hydrazine groups is 1. The van der Waals surface area contributed by atoms with Crippen LogP contribution in [0.5, 0.6) is 5.75 Å². The van der Waals surface area contributed by atoms with Crippen LogP contribution in [0.25, 0.3) is 0 Å². The normalized spacial score (nSPS) is 18.0. The van der Waals surface area contributed by atoms with Gasteiger partial charge in [-0.2, -0.15) is 0 Å². The van der Waals surface area contributed by atoms with Gasteiger partial charge in [-0.05, 0) is 30.7 Å². The van der Waals surface area contributed by atoms with Crippen molar-refractivity contribution < 1.29 is 4.74 Å². The minimum Gasteiger partial charge on any atom is -0.489 e. The summed E-state index contributed by atoms with van der Waals surface area (Å²) in [6, 6.07) is 16.2. The molecule has 1 atom stereocenters. The fraction of sp³-hybridized carbons (Fsp3) is 0.278. The van der Waals surface area contributed by atoms with Gasteiger partial charge in [0, 0.05) is 29.6 Å². The molecule has 5 heteroatoms. The molecule has 2 aromatic rings. The van der Waals surface area contributed by atoms with Crippen molar-refractivity contribution in [1.29, 1.82) is 0 Å². The molecule has 1 fully saturated rings. The predicted octanol–water partition coefficient (Wildman–Crippen LogP) is 4.35. The summed E-state index contributed by atoms with van der Waals surface area (Å²) in [6.45, 7) is 3.39. The van der Waals surface area contributed by atoms with Crippen molar-refractivity contribution in [3.63, 3.8) is 0 Å². The van der Waals surface area contributed by atoms with Crippen molar-refractivity contribution in [2.45, 2.75) is 32.5 Å². The van der Waals surface area contributed by atoms with E-state index in [1.165, 1.54) is 0 Å². The molecule has 23 heavy (non-hydrogen) atoms. The maximum atomic E-state index is 6.16. The summed E-state index contributed by atoms with van der Waals surface area (Å²) < 4.78 is 6.00. The Kier molecular flexibility index (Phi) is 5.16. The minimum absolute atomic E-state index is 0.364. The number of thiocarbonyl (C=S) groups is 1. The molecule has 3 nitrogen and oxygen atoms in total. The number of rotatable bonds is 5. The average Bonchev–Trinajstić information content (AvgIpc) is 2.85. The van der Waals surface area contributed by atoms with Crippen LogP contribution in [0, 0.1) is 0 Å². The number of ether oxygens (including phenoxy) is 1. The molecule has 1 unspecified atom stereocenters. The lowest BCUT2D eigenvalue weighted by atomic mass is 10.1. The second kappa shape index (κ2) is 7.30. The second-order valence-electron chi connectivity index (χ2n) is 5.74. The number of hydrogen-bond donors (Lipinski definition) is 1. The van der Waals surface area contributed by atoms with Crippen LogP contribution in [-0.2, 0) is 13.2 Å². The third-order valence-electron chi connectivity index (χ3n) is 3.88. The van der Waals surface area contributed by atoms with Gasteiger partial charge in [-0.15, -0.1) is 0 Å². The summed E-state index contributed by atoms with van der Waals surface area (Å²) >= 11 is 11.4. The number of nitrogens with zero attached hydrogens (tertiary/aromatic N) is 1. The van der Waals surface area contributed by atoms with E-state index < -0.39 is 0 Å². The summed E-state index contributed by atoms with van der Waals surface area (Å²) in [6.07, 6.45) is 0.885.